The van der Waals surface area contributed by atoms with E-state index in [1.165, 1.54) is 6.08 Å². The fourth-order valence-corrected chi connectivity index (χ4v) is 2.81. The van der Waals surface area contributed by atoms with E-state index < -0.39 is 12.1 Å². The highest BCUT2D eigenvalue weighted by atomic mass is 16.5. The van der Waals surface area contributed by atoms with Crippen molar-refractivity contribution < 1.29 is 24.2 Å². The zero-order chi connectivity index (χ0) is 21.2. The van der Waals surface area contributed by atoms with Gasteiger partial charge in [-0.1, -0.05) is 42.5 Å². The van der Waals surface area contributed by atoms with Crippen LogP contribution in [0.3, 0.4) is 0 Å². The van der Waals surface area contributed by atoms with Crippen molar-refractivity contribution in [3.05, 3.63) is 71.3 Å². The molecule has 0 aliphatic rings. The van der Waals surface area contributed by atoms with Gasteiger partial charge < -0.3 is 19.9 Å². The number of nitrogens with one attached hydrogen (secondary N) is 1. The summed E-state index contributed by atoms with van der Waals surface area (Å²) in [6.07, 6.45) is 2.32. The molecule has 29 heavy (non-hydrogen) atoms. The van der Waals surface area contributed by atoms with Crippen molar-refractivity contribution >= 4 is 18.0 Å². The Morgan fingerprint density at radius 2 is 1.86 bits per heavy atom. The summed E-state index contributed by atoms with van der Waals surface area (Å²) in [5.41, 5.74) is 2.50. The number of methoxy groups -OCH3 is 1. The number of rotatable bonds is 10. The van der Waals surface area contributed by atoms with Crippen molar-refractivity contribution in [1.29, 1.82) is 0 Å². The fraction of sp³-hybridized carbons (Fsp3) is 0.304. The second-order valence-electron chi connectivity index (χ2n) is 6.82. The third kappa shape index (κ3) is 7.43. The van der Waals surface area contributed by atoms with Crippen molar-refractivity contribution in [2.24, 2.45) is 0 Å². The molecule has 1 atom stereocenters. The standard InChI is InChI=1S/C23H27NO5/c1-16(2)29-21(23(26)27)14-18-9-11-20(28-3)19(13-18)15-24-22(25)12-10-17-7-5-4-6-8-17/h4-13,16,21H,14-15H2,1-3H3,(H,24,25)(H,26,27). The number of carbonyl (C=O) groups excluding carboxylic acids is 1. The lowest BCUT2D eigenvalue weighted by molar-refractivity contribution is -0.153. The first-order valence-corrected chi connectivity index (χ1v) is 9.44. The average Bonchev–Trinajstić information content (AvgIpc) is 2.70. The minimum atomic E-state index is -1.00. The molecule has 0 saturated carbocycles. The molecule has 2 aromatic rings. The largest absolute Gasteiger partial charge is 0.496 e. The predicted octanol–water partition coefficient (Wildman–Crippen LogP) is 3.45. The summed E-state index contributed by atoms with van der Waals surface area (Å²) >= 11 is 0. The van der Waals surface area contributed by atoms with Gasteiger partial charge in [0, 0.05) is 24.6 Å². The third-order valence-corrected chi connectivity index (χ3v) is 4.16. The van der Waals surface area contributed by atoms with Crippen LogP contribution in [0.5, 0.6) is 5.75 Å². The molecule has 2 rings (SSSR count). The van der Waals surface area contributed by atoms with Crippen LogP contribution in [0.1, 0.15) is 30.5 Å². The van der Waals surface area contributed by atoms with Crippen LogP contribution in [-0.2, 0) is 27.3 Å². The Morgan fingerprint density at radius 1 is 1.14 bits per heavy atom. The first-order valence-electron chi connectivity index (χ1n) is 9.44. The molecule has 6 nitrogen and oxygen atoms in total. The van der Waals surface area contributed by atoms with E-state index in [1.54, 1.807) is 39.2 Å². The zero-order valence-corrected chi connectivity index (χ0v) is 16.9. The zero-order valence-electron chi connectivity index (χ0n) is 16.9. The van der Waals surface area contributed by atoms with Gasteiger partial charge in [-0.15, -0.1) is 0 Å². The number of benzene rings is 2. The van der Waals surface area contributed by atoms with Gasteiger partial charge in [-0.25, -0.2) is 4.79 Å². The van der Waals surface area contributed by atoms with Gasteiger partial charge >= 0.3 is 5.97 Å². The van der Waals surface area contributed by atoms with Gasteiger partial charge in [0.05, 0.1) is 13.2 Å². The number of ether oxygens (including phenoxy) is 2. The lowest BCUT2D eigenvalue weighted by Gasteiger charge is -2.17. The minimum Gasteiger partial charge on any atom is -0.496 e. The van der Waals surface area contributed by atoms with Gasteiger partial charge in [0.2, 0.25) is 5.91 Å². The SMILES string of the molecule is COc1ccc(CC(OC(C)C)C(=O)O)cc1CNC(=O)C=Cc1ccccc1. The van der Waals surface area contributed by atoms with E-state index in [9.17, 15) is 14.7 Å². The van der Waals surface area contributed by atoms with E-state index in [4.69, 9.17) is 9.47 Å². The number of carboxylic acids is 1. The van der Waals surface area contributed by atoms with Gasteiger partial charge in [-0.3, -0.25) is 4.79 Å². The summed E-state index contributed by atoms with van der Waals surface area (Å²) in [7, 11) is 1.55. The van der Waals surface area contributed by atoms with Crippen LogP contribution in [0.4, 0.5) is 0 Å². The molecule has 0 aliphatic carbocycles. The summed E-state index contributed by atoms with van der Waals surface area (Å²) in [4.78, 5) is 23.6. The van der Waals surface area contributed by atoms with Crippen LogP contribution in [0.2, 0.25) is 0 Å². The Labute approximate surface area is 171 Å². The summed E-state index contributed by atoms with van der Waals surface area (Å²) in [6, 6.07) is 15.0. The van der Waals surface area contributed by atoms with E-state index in [-0.39, 0.29) is 25.0 Å². The van der Waals surface area contributed by atoms with Crippen LogP contribution in [0.25, 0.3) is 6.08 Å². The third-order valence-electron chi connectivity index (χ3n) is 4.16. The molecule has 0 fully saturated rings. The minimum absolute atomic E-state index is 0.190. The molecular formula is C23H27NO5. The lowest BCUT2D eigenvalue weighted by Crippen LogP contribution is -2.29. The summed E-state index contributed by atoms with van der Waals surface area (Å²) in [5, 5.41) is 12.2. The highest BCUT2D eigenvalue weighted by Gasteiger charge is 2.20. The van der Waals surface area contributed by atoms with Gasteiger partial charge in [-0.05, 0) is 37.1 Å². The number of aliphatic carboxylic acids is 1. The average molecular weight is 397 g/mol. The van der Waals surface area contributed by atoms with E-state index in [0.29, 0.717) is 5.75 Å². The fourth-order valence-electron chi connectivity index (χ4n) is 2.81. The van der Waals surface area contributed by atoms with Crippen molar-refractivity contribution in [3.8, 4) is 5.75 Å². The second kappa shape index (κ2) is 11.0. The summed E-state index contributed by atoms with van der Waals surface area (Å²) in [5.74, 6) is -0.610. The number of hydrogen-bond acceptors (Lipinski definition) is 4. The Bertz CT molecular complexity index is 846. The molecule has 0 radical (unpaired) electrons. The molecule has 0 aromatic heterocycles. The van der Waals surface area contributed by atoms with Crippen molar-refractivity contribution in [3.63, 3.8) is 0 Å². The van der Waals surface area contributed by atoms with Crippen LogP contribution in [-0.4, -0.2) is 36.3 Å². The summed E-state index contributed by atoms with van der Waals surface area (Å²) in [6.45, 7) is 3.86. The first kappa shape index (κ1) is 22.2. The van der Waals surface area contributed by atoms with E-state index in [0.717, 1.165) is 16.7 Å². The van der Waals surface area contributed by atoms with Gasteiger partial charge in [0.1, 0.15) is 5.75 Å². The Hall–Kier alpha value is -3.12. The van der Waals surface area contributed by atoms with E-state index in [2.05, 4.69) is 5.32 Å². The smallest absolute Gasteiger partial charge is 0.333 e. The maximum Gasteiger partial charge on any atom is 0.333 e. The Balaban J connectivity index is 2.05. The van der Waals surface area contributed by atoms with Gasteiger partial charge in [-0.2, -0.15) is 0 Å². The molecule has 6 heteroatoms. The topological polar surface area (TPSA) is 84.9 Å². The Morgan fingerprint density at radius 3 is 2.48 bits per heavy atom. The van der Waals surface area contributed by atoms with Crippen LogP contribution in [0, 0.1) is 0 Å². The van der Waals surface area contributed by atoms with Gasteiger partial charge in [0.15, 0.2) is 6.10 Å². The van der Waals surface area contributed by atoms with E-state index >= 15 is 0 Å². The molecule has 0 aliphatic heterocycles. The van der Waals surface area contributed by atoms with Gasteiger partial charge in [0.25, 0.3) is 0 Å². The molecule has 1 amide bonds. The molecule has 2 N–H and O–H groups in total. The number of amides is 1. The molecule has 0 saturated heterocycles. The van der Waals surface area contributed by atoms with Crippen molar-refractivity contribution in [1.82, 2.24) is 5.32 Å². The number of carbonyl (C=O) groups is 2. The molecule has 0 heterocycles. The second-order valence-corrected chi connectivity index (χ2v) is 6.82. The van der Waals surface area contributed by atoms with Crippen LogP contribution < -0.4 is 10.1 Å². The molecular weight excluding hydrogens is 370 g/mol. The molecule has 154 valence electrons. The van der Waals surface area contributed by atoms with Crippen LogP contribution in [0.15, 0.2) is 54.6 Å². The molecule has 2 aromatic carbocycles. The molecule has 0 bridgehead atoms. The first-order chi connectivity index (χ1) is 13.9. The lowest BCUT2D eigenvalue weighted by atomic mass is 10.0. The highest BCUT2D eigenvalue weighted by molar-refractivity contribution is 5.91. The monoisotopic (exact) mass is 397 g/mol. The molecule has 0 spiro atoms. The number of hydrogen-bond donors (Lipinski definition) is 2. The maximum absolute atomic E-state index is 12.1. The van der Waals surface area contributed by atoms with Crippen molar-refractivity contribution in [2.75, 3.05) is 7.11 Å². The summed E-state index contributed by atoms with van der Waals surface area (Å²) < 4.78 is 10.8. The maximum atomic E-state index is 12.1. The predicted molar refractivity (Wildman–Crippen MR) is 112 cm³/mol. The van der Waals surface area contributed by atoms with E-state index in [1.807, 2.05) is 36.4 Å². The number of carboxylic acid groups (broad SMARTS) is 1. The molecule has 1 unspecified atom stereocenters. The van der Waals surface area contributed by atoms with Crippen LogP contribution >= 0.6 is 0 Å². The normalized spacial score (nSPS) is 12.1. The quantitative estimate of drug-likeness (QED) is 0.600. The Kier molecular flexibility index (Phi) is 8.43. The highest BCUT2D eigenvalue weighted by Crippen LogP contribution is 2.21. The van der Waals surface area contributed by atoms with Crippen molar-refractivity contribution in [2.45, 2.75) is 39.0 Å².